The maximum absolute atomic E-state index is 12.4. The molecule has 2 aromatic carbocycles. The summed E-state index contributed by atoms with van der Waals surface area (Å²) in [6, 6.07) is 17.1. The lowest BCUT2D eigenvalue weighted by molar-refractivity contribution is -0.120. The van der Waals surface area contributed by atoms with Gasteiger partial charge in [-0.25, -0.2) is 8.42 Å². The minimum absolute atomic E-state index is 0.0402. The fourth-order valence-electron chi connectivity index (χ4n) is 2.73. The molecule has 6 heteroatoms. The van der Waals surface area contributed by atoms with Gasteiger partial charge in [-0.1, -0.05) is 42.5 Å². The van der Waals surface area contributed by atoms with Crippen LogP contribution in [0.3, 0.4) is 0 Å². The molecule has 0 aliphatic carbocycles. The van der Waals surface area contributed by atoms with Crippen molar-refractivity contribution < 1.29 is 13.2 Å². The predicted octanol–water partition coefficient (Wildman–Crippen LogP) is 2.90. The first kappa shape index (κ1) is 20.0. The van der Waals surface area contributed by atoms with E-state index in [9.17, 15) is 13.2 Å². The Labute approximate surface area is 156 Å². The molecule has 0 aliphatic rings. The molecule has 1 N–H and O–H groups in total. The molecule has 0 radical (unpaired) electrons. The van der Waals surface area contributed by atoms with Crippen LogP contribution in [0.15, 0.2) is 54.6 Å². The highest BCUT2D eigenvalue weighted by molar-refractivity contribution is 7.92. The summed E-state index contributed by atoms with van der Waals surface area (Å²) in [5, 5.41) is 2.89. The summed E-state index contributed by atoms with van der Waals surface area (Å²) >= 11 is 0. The molecule has 0 bridgehead atoms. The highest BCUT2D eigenvalue weighted by Crippen LogP contribution is 2.18. The van der Waals surface area contributed by atoms with Crippen molar-refractivity contribution in [1.82, 2.24) is 5.32 Å². The molecule has 0 aliphatic heterocycles. The van der Waals surface area contributed by atoms with E-state index >= 15 is 0 Å². The molecular formula is C20H26N2O3S. The molecule has 0 saturated heterocycles. The molecule has 0 fully saturated rings. The van der Waals surface area contributed by atoms with Gasteiger partial charge in [-0.2, -0.15) is 0 Å². The summed E-state index contributed by atoms with van der Waals surface area (Å²) in [5.74, 6) is -0.308. The number of carbonyl (C=O) groups excluding carboxylic acids is 1. The Balaban J connectivity index is 1.96. The Hall–Kier alpha value is -2.34. The molecule has 26 heavy (non-hydrogen) atoms. The van der Waals surface area contributed by atoms with Crippen molar-refractivity contribution >= 4 is 21.6 Å². The maximum Gasteiger partial charge on any atom is 0.240 e. The van der Waals surface area contributed by atoms with Crippen molar-refractivity contribution in [1.29, 1.82) is 0 Å². The average molecular weight is 375 g/mol. The fraction of sp³-hybridized carbons (Fsp3) is 0.350. The van der Waals surface area contributed by atoms with Crippen molar-refractivity contribution in [2.45, 2.75) is 32.7 Å². The lowest BCUT2D eigenvalue weighted by Gasteiger charge is -2.23. The number of benzene rings is 2. The van der Waals surface area contributed by atoms with Gasteiger partial charge >= 0.3 is 0 Å². The molecule has 2 aromatic rings. The van der Waals surface area contributed by atoms with Gasteiger partial charge in [0.1, 0.15) is 6.54 Å². The zero-order valence-corrected chi connectivity index (χ0v) is 16.3. The Morgan fingerprint density at radius 1 is 1.12 bits per heavy atom. The third kappa shape index (κ3) is 6.19. The van der Waals surface area contributed by atoms with Crippen LogP contribution >= 0.6 is 0 Å². The quantitative estimate of drug-likeness (QED) is 0.773. The Morgan fingerprint density at radius 3 is 2.42 bits per heavy atom. The van der Waals surface area contributed by atoms with Gasteiger partial charge in [-0.05, 0) is 49.9 Å². The van der Waals surface area contributed by atoms with E-state index in [2.05, 4.69) is 17.4 Å². The summed E-state index contributed by atoms with van der Waals surface area (Å²) in [6.07, 6.45) is 2.76. The number of nitrogens with one attached hydrogen (secondary N) is 1. The van der Waals surface area contributed by atoms with Crippen LogP contribution in [-0.2, 0) is 21.2 Å². The minimum atomic E-state index is -3.55. The lowest BCUT2D eigenvalue weighted by atomic mass is 10.1. The number of hydrogen-bond acceptors (Lipinski definition) is 3. The van der Waals surface area contributed by atoms with E-state index in [1.165, 1.54) is 5.56 Å². The highest BCUT2D eigenvalue weighted by Gasteiger charge is 2.21. The SMILES string of the molecule is Cc1cccc(N(CC(=O)N[C@@H](C)CCc2ccccc2)S(C)(=O)=O)c1. The largest absolute Gasteiger partial charge is 0.352 e. The van der Waals surface area contributed by atoms with Gasteiger partial charge in [0.05, 0.1) is 11.9 Å². The second-order valence-electron chi connectivity index (χ2n) is 6.60. The Kier molecular flexibility index (Phi) is 6.80. The van der Waals surface area contributed by atoms with Gasteiger partial charge in [-0.15, -0.1) is 0 Å². The van der Waals surface area contributed by atoms with E-state index in [0.717, 1.165) is 29.0 Å². The number of nitrogens with zero attached hydrogens (tertiary/aromatic N) is 1. The predicted molar refractivity (Wildman–Crippen MR) is 106 cm³/mol. The van der Waals surface area contributed by atoms with Crippen LogP contribution in [0.2, 0.25) is 0 Å². The molecule has 2 rings (SSSR count). The third-order valence-electron chi connectivity index (χ3n) is 4.09. The zero-order valence-electron chi connectivity index (χ0n) is 15.5. The summed E-state index contributed by atoms with van der Waals surface area (Å²) in [6.45, 7) is 3.59. The van der Waals surface area contributed by atoms with Crippen LogP contribution in [0.4, 0.5) is 5.69 Å². The number of aryl methyl sites for hydroxylation is 2. The Morgan fingerprint density at radius 2 is 1.81 bits per heavy atom. The van der Waals surface area contributed by atoms with Crippen LogP contribution in [0.25, 0.3) is 0 Å². The highest BCUT2D eigenvalue weighted by atomic mass is 32.2. The first-order valence-electron chi connectivity index (χ1n) is 8.63. The zero-order chi connectivity index (χ0) is 19.2. The molecule has 140 valence electrons. The number of rotatable bonds is 8. The third-order valence-corrected chi connectivity index (χ3v) is 5.23. The van der Waals surface area contributed by atoms with E-state index in [0.29, 0.717) is 5.69 Å². The van der Waals surface area contributed by atoms with Crippen molar-refractivity contribution in [3.8, 4) is 0 Å². The maximum atomic E-state index is 12.4. The van der Waals surface area contributed by atoms with Gasteiger partial charge in [0.2, 0.25) is 15.9 Å². The molecular weight excluding hydrogens is 348 g/mol. The molecule has 0 saturated carbocycles. The molecule has 0 heterocycles. The van der Waals surface area contributed by atoms with Crippen molar-refractivity contribution in [2.24, 2.45) is 0 Å². The van der Waals surface area contributed by atoms with E-state index in [1.54, 1.807) is 18.2 Å². The van der Waals surface area contributed by atoms with Gasteiger partial charge in [0, 0.05) is 6.04 Å². The topological polar surface area (TPSA) is 66.5 Å². The lowest BCUT2D eigenvalue weighted by Crippen LogP contribution is -2.43. The normalized spacial score (nSPS) is 12.4. The number of carbonyl (C=O) groups is 1. The molecule has 0 unspecified atom stereocenters. The summed E-state index contributed by atoms with van der Waals surface area (Å²) in [4.78, 5) is 12.4. The van der Waals surface area contributed by atoms with Gasteiger partial charge < -0.3 is 5.32 Å². The van der Waals surface area contributed by atoms with E-state index in [1.807, 2.05) is 38.1 Å². The van der Waals surface area contributed by atoms with Crippen LogP contribution in [0, 0.1) is 6.92 Å². The number of amides is 1. The van der Waals surface area contributed by atoms with E-state index < -0.39 is 10.0 Å². The number of hydrogen-bond donors (Lipinski definition) is 1. The fourth-order valence-corrected chi connectivity index (χ4v) is 3.58. The van der Waals surface area contributed by atoms with Crippen LogP contribution in [0.1, 0.15) is 24.5 Å². The van der Waals surface area contributed by atoms with Gasteiger partial charge in [-0.3, -0.25) is 9.10 Å². The molecule has 0 spiro atoms. The van der Waals surface area contributed by atoms with Crippen molar-refractivity contribution in [3.63, 3.8) is 0 Å². The molecule has 0 aromatic heterocycles. The van der Waals surface area contributed by atoms with E-state index in [-0.39, 0.29) is 18.5 Å². The number of sulfonamides is 1. The second-order valence-corrected chi connectivity index (χ2v) is 8.51. The summed E-state index contributed by atoms with van der Waals surface area (Å²) < 4.78 is 25.4. The smallest absolute Gasteiger partial charge is 0.240 e. The number of anilines is 1. The summed E-state index contributed by atoms with van der Waals surface area (Å²) in [7, 11) is -3.55. The second kappa shape index (κ2) is 8.85. The van der Waals surface area contributed by atoms with E-state index in [4.69, 9.17) is 0 Å². The minimum Gasteiger partial charge on any atom is -0.352 e. The first-order valence-corrected chi connectivity index (χ1v) is 10.5. The van der Waals surface area contributed by atoms with Gasteiger partial charge in [0.15, 0.2) is 0 Å². The Bertz CT molecular complexity index is 835. The monoisotopic (exact) mass is 374 g/mol. The first-order chi connectivity index (χ1) is 12.3. The summed E-state index contributed by atoms with van der Waals surface area (Å²) in [5.41, 5.74) is 2.65. The average Bonchev–Trinajstić information content (AvgIpc) is 2.58. The van der Waals surface area contributed by atoms with Crippen molar-refractivity contribution in [2.75, 3.05) is 17.1 Å². The van der Waals surface area contributed by atoms with Crippen LogP contribution in [0.5, 0.6) is 0 Å². The standard InChI is InChI=1S/C20H26N2O3S/c1-16-8-7-11-19(14-16)22(26(3,24)25)15-20(23)21-17(2)12-13-18-9-5-4-6-10-18/h4-11,14,17H,12-13,15H2,1-3H3,(H,21,23)/t17-/m0/s1. The molecule has 5 nitrogen and oxygen atoms in total. The van der Waals surface area contributed by atoms with Crippen LogP contribution in [-0.4, -0.2) is 33.2 Å². The van der Waals surface area contributed by atoms with Crippen LogP contribution < -0.4 is 9.62 Å². The molecule has 1 atom stereocenters. The van der Waals surface area contributed by atoms with Gasteiger partial charge in [0.25, 0.3) is 0 Å². The molecule has 1 amide bonds. The van der Waals surface area contributed by atoms with Crippen molar-refractivity contribution in [3.05, 3.63) is 65.7 Å².